The van der Waals surface area contributed by atoms with Crippen LogP contribution in [0.4, 0.5) is 4.39 Å². The number of aldehydes is 1. The van der Waals surface area contributed by atoms with Crippen molar-refractivity contribution in [3.63, 3.8) is 0 Å². The number of carbonyl (C=O) groups is 1. The van der Waals surface area contributed by atoms with Gasteiger partial charge in [-0.1, -0.05) is 17.7 Å². The van der Waals surface area contributed by atoms with Gasteiger partial charge in [0, 0.05) is 15.6 Å². The number of benzene rings is 2. The van der Waals surface area contributed by atoms with Gasteiger partial charge in [-0.05, 0) is 50.1 Å². The van der Waals surface area contributed by atoms with Gasteiger partial charge in [0.1, 0.15) is 12.4 Å². The van der Waals surface area contributed by atoms with Crippen molar-refractivity contribution in [3.8, 4) is 11.5 Å². The highest BCUT2D eigenvalue weighted by Gasteiger charge is 2.18. The highest BCUT2D eigenvalue weighted by atomic mass is 79.9. The third-order valence-electron chi connectivity index (χ3n) is 2.93. The van der Waals surface area contributed by atoms with E-state index in [2.05, 4.69) is 31.9 Å². The Morgan fingerprint density at radius 2 is 2.05 bits per heavy atom. The molecule has 0 saturated heterocycles. The lowest BCUT2D eigenvalue weighted by Gasteiger charge is -2.15. The van der Waals surface area contributed by atoms with Gasteiger partial charge in [-0.25, -0.2) is 4.39 Å². The van der Waals surface area contributed by atoms with Crippen LogP contribution in [0.2, 0.25) is 5.02 Å². The second kappa shape index (κ2) is 7.44. The van der Waals surface area contributed by atoms with E-state index in [1.54, 1.807) is 6.07 Å². The fourth-order valence-corrected chi connectivity index (χ4v) is 2.94. The molecule has 0 aliphatic carbocycles. The van der Waals surface area contributed by atoms with E-state index in [-0.39, 0.29) is 17.2 Å². The van der Waals surface area contributed by atoms with Crippen LogP contribution in [0.15, 0.2) is 33.2 Å². The Bertz CT molecular complexity index is 702. The van der Waals surface area contributed by atoms with Crippen molar-refractivity contribution in [3.05, 3.63) is 55.2 Å². The molecule has 2 aromatic rings. The molecule has 0 amide bonds. The van der Waals surface area contributed by atoms with Crippen LogP contribution in [0.3, 0.4) is 0 Å². The van der Waals surface area contributed by atoms with Crippen molar-refractivity contribution >= 4 is 49.7 Å². The Balaban J connectivity index is 2.37. The van der Waals surface area contributed by atoms with Gasteiger partial charge in [-0.15, -0.1) is 0 Å². The van der Waals surface area contributed by atoms with Crippen LogP contribution in [0, 0.1) is 5.82 Å². The lowest BCUT2D eigenvalue weighted by atomic mass is 10.2. The van der Waals surface area contributed by atoms with Crippen LogP contribution in [0.1, 0.15) is 15.9 Å². The first-order chi connectivity index (χ1) is 10.5. The maximum Gasteiger partial charge on any atom is 0.177 e. The second-order valence-electron chi connectivity index (χ2n) is 4.23. The third-order valence-corrected chi connectivity index (χ3v) is 5.42. The molecule has 0 aromatic heterocycles. The molecule has 0 heterocycles. The summed E-state index contributed by atoms with van der Waals surface area (Å²) in [6, 6.07) is 5.94. The molecule has 116 valence electrons. The molecule has 0 unspecified atom stereocenters. The lowest BCUT2D eigenvalue weighted by molar-refractivity contribution is 0.112. The summed E-state index contributed by atoms with van der Waals surface area (Å²) in [5.74, 6) is 0.245. The zero-order valence-electron chi connectivity index (χ0n) is 11.3. The van der Waals surface area contributed by atoms with Crippen molar-refractivity contribution in [2.24, 2.45) is 0 Å². The predicted molar refractivity (Wildman–Crippen MR) is 89.5 cm³/mol. The van der Waals surface area contributed by atoms with E-state index in [9.17, 15) is 9.18 Å². The van der Waals surface area contributed by atoms with Gasteiger partial charge in [-0.3, -0.25) is 4.79 Å². The van der Waals surface area contributed by atoms with Crippen LogP contribution in [0.25, 0.3) is 0 Å². The van der Waals surface area contributed by atoms with E-state index in [0.717, 1.165) is 0 Å². The molecule has 0 aliphatic heterocycles. The quantitative estimate of drug-likeness (QED) is 0.570. The van der Waals surface area contributed by atoms with Gasteiger partial charge in [0.15, 0.2) is 17.8 Å². The highest BCUT2D eigenvalue weighted by Crippen LogP contribution is 2.42. The SMILES string of the molecule is COc1cc(C=O)c(Br)c(Br)c1OCc1c(F)cccc1Cl. The van der Waals surface area contributed by atoms with Crippen LogP contribution >= 0.6 is 43.5 Å². The Kier molecular flexibility index (Phi) is 5.83. The van der Waals surface area contributed by atoms with E-state index in [1.165, 1.54) is 25.3 Å². The van der Waals surface area contributed by atoms with E-state index in [1.807, 2.05) is 0 Å². The minimum absolute atomic E-state index is 0.0760. The topological polar surface area (TPSA) is 35.5 Å². The molecule has 0 atom stereocenters. The lowest BCUT2D eigenvalue weighted by Crippen LogP contribution is -2.03. The van der Waals surface area contributed by atoms with Gasteiger partial charge in [0.25, 0.3) is 0 Å². The van der Waals surface area contributed by atoms with Crippen LogP contribution in [-0.2, 0) is 6.61 Å². The number of ether oxygens (including phenoxy) is 2. The van der Waals surface area contributed by atoms with Gasteiger partial charge >= 0.3 is 0 Å². The molecular weight excluding hydrogens is 442 g/mol. The summed E-state index contributed by atoms with van der Waals surface area (Å²) in [5, 5.41) is 0.277. The number of hydrogen-bond donors (Lipinski definition) is 0. The molecule has 22 heavy (non-hydrogen) atoms. The van der Waals surface area contributed by atoms with E-state index in [4.69, 9.17) is 21.1 Å². The standard InChI is InChI=1S/C15H10Br2ClFO3/c1-21-12-5-8(6-20)13(16)14(17)15(12)22-7-9-10(18)3-2-4-11(9)19/h2-6H,7H2,1H3. The number of methoxy groups -OCH3 is 1. The van der Waals surface area contributed by atoms with Gasteiger partial charge in [0.05, 0.1) is 16.6 Å². The molecule has 0 N–H and O–H groups in total. The Hall–Kier alpha value is -1.11. The smallest absolute Gasteiger partial charge is 0.177 e. The van der Waals surface area contributed by atoms with Crippen molar-refractivity contribution < 1.29 is 18.7 Å². The minimum Gasteiger partial charge on any atom is -0.493 e. The average molecular weight is 453 g/mol. The Morgan fingerprint density at radius 3 is 2.64 bits per heavy atom. The average Bonchev–Trinajstić information content (AvgIpc) is 2.50. The van der Waals surface area contributed by atoms with Gasteiger partial charge in [0.2, 0.25) is 0 Å². The maximum absolute atomic E-state index is 13.8. The molecule has 7 heteroatoms. The summed E-state index contributed by atoms with van der Waals surface area (Å²) < 4.78 is 25.7. The minimum atomic E-state index is -0.453. The molecule has 0 aliphatic rings. The fraction of sp³-hybridized carbons (Fsp3) is 0.133. The molecule has 3 nitrogen and oxygen atoms in total. The first kappa shape index (κ1) is 17.2. The molecule has 0 saturated carbocycles. The van der Waals surface area contributed by atoms with Crippen molar-refractivity contribution in [2.45, 2.75) is 6.61 Å². The summed E-state index contributed by atoms with van der Waals surface area (Å²) in [7, 11) is 1.45. The Labute approximate surface area is 148 Å². The molecular formula is C15H10Br2ClFO3. The fourth-order valence-electron chi connectivity index (χ4n) is 1.79. The summed E-state index contributed by atoms with van der Waals surface area (Å²) in [6.07, 6.45) is 0.689. The first-order valence-corrected chi connectivity index (χ1v) is 8.02. The summed E-state index contributed by atoms with van der Waals surface area (Å²) in [5.41, 5.74) is 0.647. The number of carbonyl (C=O) groups excluding carboxylic acids is 1. The molecule has 2 aromatic carbocycles. The van der Waals surface area contributed by atoms with Crippen LogP contribution in [-0.4, -0.2) is 13.4 Å². The summed E-state index contributed by atoms with van der Waals surface area (Å²) in [4.78, 5) is 11.0. The van der Waals surface area contributed by atoms with E-state index >= 15 is 0 Å². The molecule has 0 spiro atoms. The van der Waals surface area contributed by atoms with E-state index in [0.29, 0.717) is 32.3 Å². The largest absolute Gasteiger partial charge is 0.493 e. The third kappa shape index (κ3) is 3.45. The van der Waals surface area contributed by atoms with Crippen molar-refractivity contribution in [1.82, 2.24) is 0 Å². The molecule has 0 radical (unpaired) electrons. The van der Waals surface area contributed by atoms with Crippen molar-refractivity contribution in [1.29, 1.82) is 0 Å². The Morgan fingerprint density at radius 1 is 1.32 bits per heavy atom. The normalized spacial score (nSPS) is 10.4. The monoisotopic (exact) mass is 450 g/mol. The van der Waals surface area contributed by atoms with Crippen molar-refractivity contribution in [2.75, 3.05) is 7.11 Å². The van der Waals surface area contributed by atoms with Crippen LogP contribution < -0.4 is 9.47 Å². The number of halogens is 4. The first-order valence-electron chi connectivity index (χ1n) is 6.06. The molecule has 0 fully saturated rings. The zero-order valence-corrected chi connectivity index (χ0v) is 15.3. The number of rotatable bonds is 5. The zero-order chi connectivity index (χ0) is 16.3. The van der Waals surface area contributed by atoms with Gasteiger partial charge < -0.3 is 9.47 Å². The summed E-state index contributed by atoms with van der Waals surface area (Å²) >= 11 is 12.6. The maximum atomic E-state index is 13.8. The second-order valence-corrected chi connectivity index (χ2v) is 6.23. The molecule has 0 bridgehead atoms. The molecule has 2 rings (SSSR count). The number of hydrogen-bond acceptors (Lipinski definition) is 3. The van der Waals surface area contributed by atoms with Crippen LogP contribution in [0.5, 0.6) is 11.5 Å². The highest BCUT2D eigenvalue weighted by molar-refractivity contribution is 9.13. The predicted octanol–water partition coefficient (Wildman–Crippen LogP) is 5.40. The van der Waals surface area contributed by atoms with Gasteiger partial charge in [-0.2, -0.15) is 0 Å². The van der Waals surface area contributed by atoms with E-state index < -0.39 is 5.82 Å². The summed E-state index contributed by atoms with van der Waals surface area (Å²) in [6.45, 7) is -0.0760.